The second kappa shape index (κ2) is 2.01. The van der Waals surface area contributed by atoms with Gasteiger partial charge in [-0.15, -0.1) is 0 Å². The topological polar surface area (TPSA) is 39.2 Å². The van der Waals surface area contributed by atoms with Crippen LogP contribution in [0, 0.1) is 6.92 Å². The first-order valence-electron chi connectivity index (χ1n) is 2.57. The standard InChI is InChI=1S/C6H9NO/c1-5-2-6(3-7)4-8-5/h2,4H,3,7H2,1H3. The minimum Gasteiger partial charge on any atom is -0.469 e. The fourth-order valence-corrected chi connectivity index (χ4v) is 0.605. The Morgan fingerprint density at radius 3 is 2.75 bits per heavy atom. The second-order valence-corrected chi connectivity index (χ2v) is 1.77. The van der Waals surface area contributed by atoms with E-state index in [0.717, 1.165) is 11.3 Å². The summed E-state index contributed by atoms with van der Waals surface area (Å²) in [5.74, 6) is 0.922. The molecule has 0 aliphatic carbocycles. The Labute approximate surface area is 48.3 Å². The molecule has 0 bridgehead atoms. The summed E-state index contributed by atoms with van der Waals surface area (Å²) in [6, 6.07) is 1.93. The van der Waals surface area contributed by atoms with Crippen molar-refractivity contribution in [2.75, 3.05) is 0 Å². The molecule has 1 heterocycles. The van der Waals surface area contributed by atoms with E-state index in [2.05, 4.69) is 0 Å². The maximum absolute atomic E-state index is 5.30. The lowest BCUT2D eigenvalue weighted by Crippen LogP contribution is -1.92. The van der Waals surface area contributed by atoms with Crippen LogP contribution in [-0.2, 0) is 6.54 Å². The van der Waals surface area contributed by atoms with E-state index in [1.807, 2.05) is 13.0 Å². The van der Waals surface area contributed by atoms with Crippen molar-refractivity contribution in [1.82, 2.24) is 0 Å². The van der Waals surface area contributed by atoms with E-state index in [4.69, 9.17) is 10.2 Å². The van der Waals surface area contributed by atoms with Crippen LogP contribution >= 0.6 is 0 Å². The molecule has 2 heteroatoms. The summed E-state index contributed by atoms with van der Waals surface area (Å²) in [5, 5.41) is 0. The molecule has 0 aliphatic rings. The summed E-state index contributed by atoms with van der Waals surface area (Å²) >= 11 is 0. The number of rotatable bonds is 1. The van der Waals surface area contributed by atoms with Crippen molar-refractivity contribution in [2.45, 2.75) is 13.5 Å². The highest BCUT2D eigenvalue weighted by Crippen LogP contribution is 2.03. The van der Waals surface area contributed by atoms with Gasteiger partial charge in [0.2, 0.25) is 0 Å². The summed E-state index contributed by atoms with van der Waals surface area (Å²) in [5.41, 5.74) is 6.36. The van der Waals surface area contributed by atoms with Crippen molar-refractivity contribution in [1.29, 1.82) is 0 Å². The molecule has 1 aromatic rings. The average Bonchev–Trinajstić information content (AvgIpc) is 2.14. The lowest BCUT2D eigenvalue weighted by Gasteiger charge is -1.78. The van der Waals surface area contributed by atoms with Crippen molar-refractivity contribution >= 4 is 0 Å². The minimum atomic E-state index is 0.567. The minimum absolute atomic E-state index is 0.567. The van der Waals surface area contributed by atoms with E-state index in [-0.39, 0.29) is 0 Å². The third-order valence-corrected chi connectivity index (χ3v) is 1.02. The van der Waals surface area contributed by atoms with Gasteiger partial charge < -0.3 is 10.2 Å². The smallest absolute Gasteiger partial charge is 0.101 e. The monoisotopic (exact) mass is 111 g/mol. The number of hydrogen-bond acceptors (Lipinski definition) is 2. The van der Waals surface area contributed by atoms with Crippen molar-refractivity contribution in [3.05, 3.63) is 23.7 Å². The SMILES string of the molecule is Cc1cc(CN)co1. The lowest BCUT2D eigenvalue weighted by atomic mass is 10.3. The second-order valence-electron chi connectivity index (χ2n) is 1.77. The largest absolute Gasteiger partial charge is 0.469 e. The van der Waals surface area contributed by atoms with Crippen molar-refractivity contribution in [3.8, 4) is 0 Å². The van der Waals surface area contributed by atoms with Crippen LogP contribution in [0.15, 0.2) is 16.7 Å². The highest BCUT2D eigenvalue weighted by Gasteiger charge is 1.91. The van der Waals surface area contributed by atoms with Gasteiger partial charge in [-0.25, -0.2) is 0 Å². The molecule has 2 N–H and O–H groups in total. The van der Waals surface area contributed by atoms with Gasteiger partial charge in [-0.05, 0) is 13.0 Å². The number of furan rings is 1. The van der Waals surface area contributed by atoms with Gasteiger partial charge in [-0.3, -0.25) is 0 Å². The van der Waals surface area contributed by atoms with E-state index in [1.54, 1.807) is 6.26 Å². The third kappa shape index (κ3) is 0.898. The van der Waals surface area contributed by atoms with Gasteiger partial charge in [-0.1, -0.05) is 0 Å². The molecule has 2 nitrogen and oxygen atoms in total. The van der Waals surface area contributed by atoms with Gasteiger partial charge in [0.15, 0.2) is 0 Å². The van der Waals surface area contributed by atoms with Crippen LogP contribution in [-0.4, -0.2) is 0 Å². The molecule has 0 saturated heterocycles. The molecule has 0 saturated carbocycles. The van der Waals surface area contributed by atoms with Gasteiger partial charge >= 0.3 is 0 Å². The maximum atomic E-state index is 5.30. The molecule has 1 aromatic heterocycles. The summed E-state index contributed by atoms with van der Waals surface area (Å²) in [6.07, 6.45) is 1.68. The van der Waals surface area contributed by atoms with E-state index in [0.29, 0.717) is 6.54 Å². The number of nitrogens with two attached hydrogens (primary N) is 1. The van der Waals surface area contributed by atoms with E-state index < -0.39 is 0 Å². The zero-order valence-electron chi connectivity index (χ0n) is 4.85. The molecule has 1 rings (SSSR count). The quantitative estimate of drug-likeness (QED) is 0.588. The first-order chi connectivity index (χ1) is 3.83. The van der Waals surface area contributed by atoms with Gasteiger partial charge in [-0.2, -0.15) is 0 Å². The van der Waals surface area contributed by atoms with Crippen LogP contribution in [0.4, 0.5) is 0 Å². The van der Waals surface area contributed by atoms with Crippen molar-refractivity contribution < 1.29 is 4.42 Å². The fourth-order valence-electron chi connectivity index (χ4n) is 0.605. The van der Waals surface area contributed by atoms with Gasteiger partial charge in [0.05, 0.1) is 6.26 Å². The Bertz CT molecular complexity index is 169. The summed E-state index contributed by atoms with van der Waals surface area (Å²) < 4.78 is 4.98. The fraction of sp³-hybridized carbons (Fsp3) is 0.333. The first-order valence-corrected chi connectivity index (χ1v) is 2.57. The Morgan fingerprint density at radius 1 is 1.75 bits per heavy atom. The average molecular weight is 111 g/mol. The van der Waals surface area contributed by atoms with E-state index in [9.17, 15) is 0 Å². The molecule has 0 unspecified atom stereocenters. The molecule has 0 fully saturated rings. The van der Waals surface area contributed by atoms with Crippen LogP contribution in [0.3, 0.4) is 0 Å². The predicted octanol–water partition coefficient (Wildman–Crippen LogP) is 1.05. The molecule has 0 amide bonds. The Hall–Kier alpha value is -0.760. The summed E-state index contributed by atoms with van der Waals surface area (Å²) in [6.45, 7) is 2.47. The van der Waals surface area contributed by atoms with E-state index >= 15 is 0 Å². The zero-order valence-corrected chi connectivity index (χ0v) is 4.85. The van der Waals surface area contributed by atoms with Gasteiger partial charge in [0, 0.05) is 12.1 Å². The maximum Gasteiger partial charge on any atom is 0.101 e. The molecule has 8 heavy (non-hydrogen) atoms. The van der Waals surface area contributed by atoms with Crippen LogP contribution in [0.25, 0.3) is 0 Å². The highest BCUT2D eigenvalue weighted by atomic mass is 16.3. The molecule has 0 aliphatic heterocycles. The van der Waals surface area contributed by atoms with Gasteiger partial charge in [0.25, 0.3) is 0 Å². The van der Waals surface area contributed by atoms with Crippen LogP contribution in [0.5, 0.6) is 0 Å². The normalized spacial score (nSPS) is 9.75. The Morgan fingerprint density at radius 2 is 2.50 bits per heavy atom. The molecule has 44 valence electrons. The van der Waals surface area contributed by atoms with Crippen LogP contribution in [0.1, 0.15) is 11.3 Å². The van der Waals surface area contributed by atoms with E-state index in [1.165, 1.54) is 0 Å². The summed E-state index contributed by atoms with van der Waals surface area (Å²) in [7, 11) is 0. The van der Waals surface area contributed by atoms with Crippen molar-refractivity contribution in [3.63, 3.8) is 0 Å². The highest BCUT2D eigenvalue weighted by molar-refractivity contribution is 5.10. The van der Waals surface area contributed by atoms with Gasteiger partial charge in [0.1, 0.15) is 5.76 Å². The van der Waals surface area contributed by atoms with Crippen LogP contribution < -0.4 is 5.73 Å². The van der Waals surface area contributed by atoms with Crippen LogP contribution in [0.2, 0.25) is 0 Å². The molecule has 0 aromatic carbocycles. The zero-order chi connectivity index (χ0) is 5.98. The molecule has 0 radical (unpaired) electrons. The first kappa shape index (κ1) is 5.38. The lowest BCUT2D eigenvalue weighted by molar-refractivity contribution is 0.532. The Balaban J connectivity index is 2.84. The molecular weight excluding hydrogens is 102 g/mol. The third-order valence-electron chi connectivity index (χ3n) is 1.02. The van der Waals surface area contributed by atoms with Crippen molar-refractivity contribution in [2.24, 2.45) is 5.73 Å². The number of aryl methyl sites for hydroxylation is 1. The number of hydrogen-bond donors (Lipinski definition) is 1. The summed E-state index contributed by atoms with van der Waals surface area (Å²) in [4.78, 5) is 0. The Kier molecular flexibility index (Phi) is 1.35. The molecule has 0 atom stereocenters. The molecular formula is C6H9NO. The predicted molar refractivity (Wildman–Crippen MR) is 31.3 cm³/mol. The molecule has 0 spiro atoms.